The van der Waals surface area contributed by atoms with Crippen LogP contribution in [0, 0.1) is 23.2 Å². The van der Waals surface area contributed by atoms with Crippen molar-refractivity contribution in [2.24, 2.45) is 11.8 Å². The van der Waals surface area contributed by atoms with Crippen LogP contribution in [0.4, 0.5) is 4.79 Å². The summed E-state index contributed by atoms with van der Waals surface area (Å²) in [7, 11) is -3.83. The first-order valence-electron chi connectivity index (χ1n) is 10.9. The number of sulfonamides is 1. The van der Waals surface area contributed by atoms with Crippen LogP contribution in [0.1, 0.15) is 51.4 Å². The van der Waals surface area contributed by atoms with E-state index in [-0.39, 0.29) is 43.5 Å². The molecule has 1 N–H and O–H groups in total. The molecule has 2 saturated heterocycles. The van der Waals surface area contributed by atoms with Crippen LogP contribution < -0.4 is 5.32 Å². The summed E-state index contributed by atoms with van der Waals surface area (Å²) in [6.07, 6.45) is 5.11. The lowest BCUT2D eigenvalue weighted by atomic mass is 9.52. The summed E-state index contributed by atoms with van der Waals surface area (Å²) in [5, 5.41) is 12.7. The molecule has 4 aliphatic carbocycles. The SMILES string of the molecule is N#C[C@@H]1CCCN1C(=O)CNC12CC3CC(C1)CC(S(=O)(=O)N1CCOC1=O)(C3)C2. The number of rotatable bonds is 5. The van der Waals surface area contributed by atoms with E-state index < -0.39 is 26.4 Å². The lowest BCUT2D eigenvalue weighted by Crippen LogP contribution is -2.68. The van der Waals surface area contributed by atoms with E-state index in [9.17, 15) is 23.3 Å². The van der Waals surface area contributed by atoms with E-state index in [2.05, 4.69) is 11.4 Å². The number of carbonyl (C=O) groups excluding carboxylic acids is 2. The number of nitriles is 1. The van der Waals surface area contributed by atoms with Crippen molar-refractivity contribution in [3.63, 3.8) is 0 Å². The molecule has 3 atom stereocenters. The molecule has 2 unspecified atom stereocenters. The fraction of sp³-hybridized carbons (Fsp3) is 0.850. The Morgan fingerprint density at radius 2 is 1.97 bits per heavy atom. The highest BCUT2D eigenvalue weighted by molar-refractivity contribution is 7.91. The second kappa shape index (κ2) is 6.82. The van der Waals surface area contributed by atoms with Crippen LogP contribution in [0.3, 0.4) is 0 Å². The van der Waals surface area contributed by atoms with Crippen molar-refractivity contribution in [2.75, 3.05) is 26.2 Å². The number of amides is 2. The number of carbonyl (C=O) groups is 2. The Morgan fingerprint density at radius 3 is 2.60 bits per heavy atom. The smallest absolute Gasteiger partial charge is 0.423 e. The summed E-state index contributed by atoms with van der Waals surface area (Å²) >= 11 is 0. The van der Waals surface area contributed by atoms with E-state index in [0.29, 0.717) is 32.2 Å². The third-order valence-electron chi connectivity index (χ3n) is 7.91. The third-order valence-corrected chi connectivity index (χ3v) is 10.4. The molecule has 2 heterocycles. The van der Waals surface area contributed by atoms with Gasteiger partial charge in [-0.2, -0.15) is 5.26 Å². The molecule has 4 bridgehead atoms. The number of nitrogens with zero attached hydrogens (tertiary/aromatic N) is 3. The van der Waals surface area contributed by atoms with E-state index in [1.165, 1.54) is 0 Å². The highest BCUT2D eigenvalue weighted by atomic mass is 32.2. The zero-order valence-electron chi connectivity index (χ0n) is 17.0. The molecule has 4 saturated carbocycles. The molecule has 0 radical (unpaired) electrons. The Labute approximate surface area is 176 Å². The molecule has 30 heavy (non-hydrogen) atoms. The molecule has 0 aromatic rings. The Kier molecular flexibility index (Phi) is 4.56. The van der Waals surface area contributed by atoms with Crippen molar-refractivity contribution in [2.45, 2.75) is 67.7 Å². The maximum Gasteiger partial charge on any atom is 0.423 e. The number of hydrogen-bond acceptors (Lipinski definition) is 7. The molecule has 6 aliphatic rings. The van der Waals surface area contributed by atoms with Crippen molar-refractivity contribution in [1.29, 1.82) is 5.26 Å². The molecule has 9 nitrogen and oxygen atoms in total. The third kappa shape index (κ3) is 2.93. The maximum atomic E-state index is 13.6. The summed E-state index contributed by atoms with van der Waals surface area (Å²) in [6.45, 7) is 0.919. The van der Waals surface area contributed by atoms with Crippen LogP contribution in [-0.2, 0) is 19.6 Å². The molecule has 0 spiro atoms. The molecule has 2 aliphatic heterocycles. The summed E-state index contributed by atoms with van der Waals surface area (Å²) in [6, 6.07) is 1.84. The maximum absolute atomic E-state index is 13.6. The van der Waals surface area contributed by atoms with Gasteiger partial charge < -0.3 is 15.0 Å². The van der Waals surface area contributed by atoms with E-state index in [1.807, 2.05) is 0 Å². The minimum absolute atomic E-state index is 0.0850. The highest BCUT2D eigenvalue weighted by Gasteiger charge is 2.64. The van der Waals surface area contributed by atoms with Crippen molar-refractivity contribution in [3.8, 4) is 6.07 Å². The minimum Gasteiger partial charge on any atom is -0.447 e. The average Bonchev–Trinajstić information content (AvgIpc) is 3.34. The predicted molar refractivity (Wildman–Crippen MR) is 105 cm³/mol. The van der Waals surface area contributed by atoms with E-state index in [0.717, 1.165) is 30.0 Å². The van der Waals surface area contributed by atoms with Crippen LogP contribution >= 0.6 is 0 Å². The van der Waals surface area contributed by atoms with Gasteiger partial charge in [-0.15, -0.1) is 0 Å². The van der Waals surface area contributed by atoms with E-state index >= 15 is 0 Å². The summed E-state index contributed by atoms with van der Waals surface area (Å²) in [5.41, 5.74) is -0.404. The fourth-order valence-electron chi connectivity index (χ4n) is 7.08. The van der Waals surface area contributed by atoms with Crippen LogP contribution in [-0.4, -0.2) is 72.2 Å². The number of cyclic esters (lactones) is 1. The van der Waals surface area contributed by atoms with Crippen LogP contribution in [0.5, 0.6) is 0 Å². The van der Waals surface area contributed by atoms with Gasteiger partial charge in [-0.25, -0.2) is 17.5 Å². The van der Waals surface area contributed by atoms with E-state index in [4.69, 9.17) is 4.74 Å². The normalized spacial score (nSPS) is 40.0. The molecule has 6 fully saturated rings. The lowest BCUT2D eigenvalue weighted by molar-refractivity contribution is -0.131. The first-order chi connectivity index (χ1) is 14.3. The number of likely N-dealkylation sites (tertiary alicyclic amines) is 1. The number of nitrogens with one attached hydrogen (secondary N) is 1. The van der Waals surface area contributed by atoms with Gasteiger partial charge in [-0.1, -0.05) is 0 Å². The molecule has 164 valence electrons. The minimum atomic E-state index is -3.83. The second-order valence-corrected chi connectivity index (χ2v) is 12.1. The van der Waals surface area contributed by atoms with Crippen molar-refractivity contribution < 1.29 is 22.7 Å². The van der Waals surface area contributed by atoms with Crippen molar-refractivity contribution in [3.05, 3.63) is 0 Å². The van der Waals surface area contributed by atoms with Crippen LogP contribution in [0.25, 0.3) is 0 Å². The standard InChI is InChI=1S/C20H28N4O5S/c21-11-16-2-1-3-23(16)17(25)12-22-19-7-14-6-15(8-19)10-20(9-14,13-19)30(27,28)24-4-5-29-18(24)26/h14-16,22H,1-10,12-13H2/t14?,15?,16-,19?,20?/m0/s1. The van der Waals surface area contributed by atoms with Gasteiger partial charge in [-0.05, 0) is 63.2 Å². The topological polar surface area (TPSA) is 120 Å². The highest BCUT2D eigenvalue weighted by Crippen LogP contribution is 2.60. The second-order valence-electron chi connectivity index (χ2n) is 9.84. The largest absolute Gasteiger partial charge is 0.447 e. The quantitative estimate of drug-likeness (QED) is 0.682. The molecule has 2 amide bonds. The van der Waals surface area contributed by atoms with Gasteiger partial charge in [0.15, 0.2) is 0 Å². The first-order valence-corrected chi connectivity index (χ1v) is 12.3. The Balaban J connectivity index is 1.36. The van der Waals surface area contributed by atoms with Crippen molar-refractivity contribution in [1.82, 2.24) is 14.5 Å². The van der Waals surface area contributed by atoms with E-state index in [1.54, 1.807) is 4.90 Å². The first kappa shape index (κ1) is 20.1. The molecule has 0 aromatic heterocycles. The fourth-order valence-corrected chi connectivity index (χ4v) is 9.47. The molecular weight excluding hydrogens is 408 g/mol. The molecule has 10 heteroatoms. The number of hydrogen-bond donors (Lipinski definition) is 1. The Hall–Kier alpha value is -1.86. The monoisotopic (exact) mass is 436 g/mol. The van der Waals surface area contributed by atoms with Crippen molar-refractivity contribution >= 4 is 22.0 Å². The molecular formula is C20H28N4O5S. The van der Waals surface area contributed by atoms with Gasteiger partial charge >= 0.3 is 6.09 Å². The summed E-state index contributed by atoms with van der Waals surface area (Å²) < 4.78 is 32.0. The molecule has 6 rings (SSSR count). The van der Waals surface area contributed by atoms with Gasteiger partial charge in [0.1, 0.15) is 12.6 Å². The Morgan fingerprint density at radius 1 is 1.23 bits per heavy atom. The van der Waals surface area contributed by atoms with Crippen LogP contribution in [0.2, 0.25) is 0 Å². The summed E-state index contributed by atoms with van der Waals surface area (Å²) in [4.78, 5) is 26.4. The lowest BCUT2D eigenvalue weighted by Gasteiger charge is -2.61. The zero-order chi connectivity index (χ0) is 21.1. The van der Waals surface area contributed by atoms with Gasteiger partial charge in [0.25, 0.3) is 0 Å². The molecule has 0 aromatic carbocycles. The van der Waals surface area contributed by atoms with Gasteiger partial charge in [0.05, 0.1) is 23.9 Å². The summed E-state index contributed by atoms with van der Waals surface area (Å²) in [5.74, 6) is 0.469. The number of ether oxygens (including phenoxy) is 1. The Bertz CT molecular complexity index is 899. The van der Waals surface area contributed by atoms with Gasteiger partial charge in [0.2, 0.25) is 15.9 Å². The van der Waals surface area contributed by atoms with Crippen LogP contribution in [0.15, 0.2) is 0 Å². The van der Waals surface area contributed by atoms with Gasteiger partial charge in [-0.3, -0.25) is 4.79 Å². The average molecular weight is 437 g/mol. The predicted octanol–water partition coefficient (Wildman–Crippen LogP) is 0.964. The van der Waals surface area contributed by atoms with Gasteiger partial charge in [0, 0.05) is 12.1 Å². The zero-order valence-corrected chi connectivity index (χ0v) is 17.8.